The van der Waals surface area contributed by atoms with Gasteiger partial charge in [-0.3, -0.25) is 9.69 Å². The van der Waals surface area contributed by atoms with E-state index in [0.29, 0.717) is 23.0 Å². The Kier molecular flexibility index (Phi) is 6.36. The number of hydrogen-bond donors (Lipinski definition) is 0. The number of hydrogen-bond acceptors (Lipinski definition) is 4. The molecule has 1 aliphatic rings. The van der Waals surface area contributed by atoms with Crippen LogP contribution in [-0.4, -0.2) is 49.0 Å². The van der Waals surface area contributed by atoms with Crippen LogP contribution in [0.5, 0.6) is 5.75 Å². The van der Waals surface area contributed by atoms with Crippen LogP contribution in [0.4, 0.5) is 0 Å². The third-order valence-electron chi connectivity index (χ3n) is 6.23. The molecule has 0 bridgehead atoms. The number of thiophene rings is 1. The molecule has 1 aromatic heterocycles. The summed E-state index contributed by atoms with van der Waals surface area (Å²) in [5.74, 6) is 0.775. The Labute approximate surface area is 203 Å². The van der Waals surface area contributed by atoms with E-state index in [-0.39, 0.29) is 11.9 Å². The van der Waals surface area contributed by atoms with Crippen molar-refractivity contribution in [2.75, 3.05) is 33.3 Å². The predicted molar refractivity (Wildman–Crippen MR) is 136 cm³/mol. The summed E-state index contributed by atoms with van der Waals surface area (Å²) in [6.07, 6.45) is 0. The Morgan fingerprint density at radius 3 is 2.09 bits per heavy atom. The van der Waals surface area contributed by atoms with Crippen LogP contribution in [0.25, 0.3) is 10.1 Å². The molecule has 5 rings (SSSR count). The van der Waals surface area contributed by atoms with E-state index in [9.17, 15) is 4.79 Å². The standard InChI is InChI=1S/C27H25ClN2O2S/c1-32-21-12-13-22-23(18-21)33-26(24(22)28)27(31)30-16-14-29(15-17-30)25(19-8-4-2-5-9-19)20-10-6-3-7-11-20/h2-13,18,25H,14-17H2,1H3. The molecule has 3 aromatic carbocycles. The van der Waals surface area contributed by atoms with Crippen molar-refractivity contribution in [3.63, 3.8) is 0 Å². The molecule has 6 heteroatoms. The molecule has 1 fully saturated rings. The van der Waals surface area contributed by atoms with Gasteiger partial charge in [-0.15, -0.1) is 11.3 Å². The van der Waals surface area contributed by atoms with E-state index in [1.807, 2.05) is 35.2 Å². The lowest BCUT2D eigenvalue weighted by molar-refractivity contribution is 0.0602. The van der Waals surface area contributed by atoms with Crippen molar-refractivity contribution in [3.8, 4) is 5.75 Å². The topological polar surface area (TPSA) is 32.8 Å². The minimum Gasteiger partial charge on any atom is -0.497 e. The lowest BCUT2D eigenvalue weighted by Crippen LogP contribution is -2.49. The molecule has 0 aliphatic carbocycles. The van der Waals surface area contributed by atoms with Crippen molar-refractivity contribution < 1.29 is 9.53 Å². The number of nitrogens with zero attached hydrogens (tertiary/aromatic N) is 2. The van der Waals surface area contributed by atoms with Gasteiger partial charge in [-0.2, -0.15) is 0 Å². The fraction of sp³-hybridized carbons (Fsp3) is 0.222. The van der Waals surface area contributed by atoms with Gasteiger partial charge in [0.1, 0.15) is 10.6 Å². The summed E-state index contributed by atoms with van der Waals surface area (Å²) in [7, 11) is 1.64. The Balaban J connectivity index is 1.35. The van der Waals surface area contributed by atoms with E-state index < -0.39 is 0 Å². The van der Waals surface area contributed by atoms with Crippen LogP contribution in [0.3, 0.4) is 0 Å². The molecule has 0 saturated carbocycles. The summed E-state index contributed by atoms with van der Waals surface area (Å²) < 4.78 is 6.29. The highest BCUT2D eigenvalue weighted by Gasteiger charge is 2.30. The highest BCUT2D eigenvalue weighted by Crippen LogP contribution is 2.38. The molecule has 4 nitrogen and oxygen atoms in total. The van der Waals surface area contributed by atoms with E-state index in [4.69, 9.17) is 16.3 Å². The van der Waals surface area contributed by atoms with Gasteiger partial charge >= 0.3 is 0 Å². The van der Waals surface area contributed by atoms with E-state index in [0.717, 1.165) is 28.9 Å². The number of carbonyl (C=O) groups is 1. The summed E-state index contributed by atoms with van der Waals surface area (Å²) in [5.41, 5.74) is 2.54. The van der Waals surface area contributed by atoms with Gasteiger partial charge in [-0.1, -0.05) is 72.3 Å². The van der Waals surface area contributed by atoms with Crippen LogP contribution in [0, 0.1) is 0 Å². The zero-order valence-corrected chi connectivity index (χ0v) is 20.0. The van der Waals surface area contributed by atoms with E-state index in [1.165, 1.54) is 22.5 Å². The molecular weight excluding hydrogens is 452 g/mol. The van der Waals surface area contributed by atoms with Crippen LogP contribution >= 0.6 is 22.9 Å². The summed E-state index contributed by atoms with van der Waals surface area (Å²) in [6.45, 7) is 2.94. The monoisotopic (exact) mass is 476 g/mol. The van der Waals surface area contributed by atoms with E-state index >= 15 is 0 Å². The van der Waals surface area contributed by atoms with E-state index in [1.54, 1.807) is 7.11 Å². The number of fused-ring (bicyclic) bond motifs is 1. The third kappa shape index (κ3) is 4.36. The number of amides is 1. The smallest absolute Gasteiger partial charge is 0.265 e. The number of ether oxygens (including phenoxy) is 1. The first-order valence-corrected chi connectivity index (χ1v) is 12.2. The quantitative estimate of drug-likeness (QED) is 0.348. The second kappa shape index (κ2) is 9.56. The second-order valence-electron chi connectivity index (χ2n) is 8.16. The maximum absolute atomic E-state index is 13.4. The van der Waals surface area contributed by atoms with Crippen molar-refractivity contribution in [2.24, 2.45) is 0 Å². The molecule has 4 aromatic rings. The molecule has 2 heterocycles. The highest BCUT2D eigenvalue weighted by molar-refractivity contribution is 7.21. The molecule has 0 unspecified atom stereocenters. The molecule has 0 spiro atoms. The molecule has 33 heavy (non-hydrogen) atoms. The minimum atomic E-state index is 0.00999. The van der Waals surface area contributed by atoms with Gasteiger partial charge in [0.25, 0.3) is 5.91 Å². The Morgan fingerprint density at radius 2 is 1.52 bits per heavy atom. The number of carbonyl (C=O) groups excluding carboxylic acids is 1. The van der Waals surface area contributed by atoms with Crippen LogP contribution in [0.1, 0.15) is 26.8 Å². The van der Waals surface area contributed by atoms with Gasteiger partial charge in [-0.05, 0) is 29.3 Å². The number of rotatable bonds is 5. The van der Waals surface area contributed by atoms with Crippen LogP contribution in [-0.2, 0) is 0 Å². The molecule has 1 saturated heterocycles. The largest absolute Gasteiger partial charge is 0.497 e. The normalized spacial score (nSPS) is 14.7. The Bertz CT molecular complexity index is 1210. The maximum Gasteiger partial charge on any atom is 0.265 e. The van der Waals surface area contributed by atoms with Crippen LogP contribution in [0.2, 0.25) is 5.02 Å². The summed E-state index contributed by atoms with van der Waals surface area (Å²) in [4.78, 5) is 18.4. The Morgan fingerprint density at radius 1 is 0.909 bits per heavy atom. The SMILES string of the molecule is COc1ccc2c(Cl)c(C(=O)N3CCN(C(c4ccccc4)c4ccccc4)CC3)sc2c1. The van der Waals surface area contributed by atoms with Crippen LogP contribution < -0.4 is 4.74 Å². The van der Waals surface area contributed by atoms with Crippen molar-refractivity contribution in [1.29, 1.82) is 0 Å². The highest BCUT2D eigenvalue weighted by atomic mass is 35.5. The Hall–Kier alpha value is -2.86. The lowest BCUT2D eigenvalue weighted by Gasteiger charge is -2.39. The van der Waals surface area contributed by atoms with Gasteiger partial charge in [-0.25, -0.2) is 0 Å². The molecule has 1 aliphatic heterocycles. The zero-order chi connectivity index (χ0) is 22.8. The molecule has 0 radical (unpaired) electrons. The number of methoxy groups -OCH3 is 1. The van der Waals surface area contributed by atoms with Gasteiger partial charge in [0.15, 0.2) is 0 Å². The van der Waals surface area contributed by atoms with Gasteiger partial charge in [0, 0.05) is 36.3 Å². The maximum atomic E-state index is 13.4. The molecule has 1 amide bonds. The summed E-state index contributed by atoms with van der Waals surface area (Å²) >= 11 is 8.06. The minimum absolute atomic E-state index is 0.00999. The fourth-order valence-electron chi connectivity index (χ4n) is 4.52. The van der Waals surface area contributed by atoms with E-state index in [2.05, 4.69) is 53.4 Å². The van der Waals surface area contributed by atoms with Gasteiger partial charge in [0.05, 0.1) is 18.2 Å². The fourth-order valence-corrected chi connectivity index (χ4v) is 6.03. The predicted octanol–water partition coefficient (Wildman–Crippen LogP) is 6.11. The summed E-state index contributed by atoms with van der Waals surface area (Å²) in [5, 5.41) is 1.44. The summed E-state index contributed by atoms with van der Waals surface area (Å²) in [6, 6.07) is 27.1. The van der Waals surface area contributed by atoms with Crippen molar-refractivity contribution in [3.05, 3.63) is 99.9 Å². The second-order valence-corrected chi connectivity index (χ2v) is 9.59. The van der Waals surface area contributed by atoms with Gasteiger partial charge < -0.3 is 9.64 Å². The van der Waals surface area contributed by atoms with Crippen LogP contribution in [0.15, 0.2) is 78.9 Å². The first-order chi connectivity index (χ1) is 16.2. The molecular formula is C27H25ClN2O2S. The molecule has 0 N–H and O–H groups in total. The van der Waals surface area contributed by atoms with Crippen molar-refractivity contribution in [2.45, 2.75) is 6.04 Å². The molecule has 0 atom stereocenters. The average Bonchev–Trinajstić information content (AvgIpc) is 3.21. The lowest BCUT2D eigenvalue weighted by atomic mass is 9.96. The number of benzene rings is 3. The number of piperazine rings is 1. The first kappa shape index (κ1) is 22.0. The van der Waals surface area contributed by atoms with Gasteiger partial charge in [0.2, 0.25) is 0 Å². The zero-order valence-electron chi connectivity index (χ0n) is 18.4. The average molecular weight is 477 g/mol. The van der Waals surface area contributed by atoms with Crippen molar-refractivity contribution >= 4 is 38.9 Å². The first-order valence-electron chi connectivity index (χ1n) is 11.0. The third-order valence-corrected chi connectivity index (χ3v) is 7.87. The van der Waals surface area contributed by atoms with Crippen molar-refractivity contribution in [1.82, 2.24) is 9.80 Å². The molecule has 168 valence electrons. The number of halogens is 1.